The Morgan fingerprint density at radius 1 is 1.21 bits per heavy atom. The molecule has 0 radical (unpaired) electrons. The molecule has 152 valence electrons. The Morgan fingerprint density at radius 3 is 2.71 bits per heavy atom. The first-order valence-corrected chi connectivity index (χ1v) is 9.85. The number of guanidine groups is 1. The van der Waals surface area contributed by atoms with Crippen molar-refractivity contribution in [2.24, 2.45) is 10.9 Å². The molecule has 2 aromatic rings. The van der Waals surface area contributed by atoms with Gasteiger partial charge in [-0.1, -0.05) is 30.3 Å². The number of nitrogens with one attached hydrogen (secondary N) is 1. The Kier molecular flexibility index (Phi) is 9.02. The number of hydrogen-bond acceptors (Lipinski definition) is 3. The first-order chi connectivity index (χ1) is 13.2. The van der Waals surface area contributed by atoms with E-state index >= 15 is 0 Å². The lowest BCUT2D eigenvalue weighted by Gasteiger charge is -2.22. The molecule has 0 aliphatic carbocycles. The molecule has 0 saturated carbocycles. The molecule has 1 aliphatic rings. The van der Waals surface area contributed by atoms with Crippen molar-refractivity contribution in [2.45, 2.75) is 26.3 Å². The van der Waals surface area contributed by atoms with Crippen LogP contribution < -0.4 is 10.2 Å². The summed E-state index contributed by atoms with van der Waals surface area (Å²) in [7, 11) is 4.02. The fraction of sp³-hybridized carbons (Fsp3) is 0.455. The van der Waals surface area contributed by atoms with Gasteiger partial charge < -0.3 is 15.1 Å². The second kappa shape index (κ2) is 11.2. The zero-order valence-corrected chi connectivity index (χ0v) is 19.5. The quantitative estimate of drug-likeness (QED) is 0.378. The van der Waals surface area contributed by atoms with E-state index in [1.165, 1.54) is 17.5 Å². The van der Waals surface area contributed by atoms with Crippen LogP contribution in [0, 0.1) is 5.92 Å². The molecule has 28 heavy (non-hydrogen) atoms. The fourth-order valence-corrected chi connectivity index (χ4v) is 3.53. The molecule has 1 aromatic carbocycles. The Labute approximate surface area is 186 Å². The maximum absolute atomic E-state index is 4.89. The highest BCUT2D eigenvalue weighted by Gasteiger charge is 2.24. The Morgan fingerprint density at radius 2 is 2.00 bits per heavy atom. The summed E-state index contributed by atoms with van der Waals surface area (Å²) >= 11 is 0. The van der Waals surface area contributed by atoms with Crippen LogP contribution in [0.2, 0.25) is 0 Å². The Balaban J connectivity index is 0.00000280. The van der Waals surface area contributed by atoms with Crippen LogP contribution in [0.5, 0.6) is 0 Å². The second-order valence-electron chi connectivity index (χ2n) is 7.38. The van der Waals surface area contributed by atoms with E-state index < -0.39 is 0 Å². The number of anilines is 1. The topological polar surface area (TPSA) is 43.8 Å². The SMILES string of the molecule is CCNC(=NCc1ccnc(N(C)C)c1)N1CCC(Cc2ccccc2)C1.I. The molecule has 0 bridgehead atoms. The van der Waals surface area contributed by atoms with E-state index in [9.17, 15) is 0 Å². The van der Waals surface area contributed by atoms with E-state index in [-0.39, 0.29) is 24.0 Å². The third-order valence-electron chi connectivity index (χ3n) is 4.97. The minimum atomic E-state index is 0. The van der Waals surface area contributed by atoms with Gasteiger partial charge in [0.05, 0.1) is 6.54 Å². The predicted molar refractivity (Wildman–Crippen MR) is 129 cm³/mol. The summed E-state index contributed by atoms with van der Waals surface area (Å²) in [5.41, 5.74) is 2.61. The van der Waals surface area contributed by atoms with Gasteiger partial charge in [-0.15, -0.1) is 24.0 Å². The van der Waals surface area contributed by atoms with E-state index in [1.54, 1.807) is 0 Å². The summed E-state index contributed by atoms with van der Waals surface area (Å²) in [6, 6.07) is 15.0. The van der Waals surface area contributed by atoms with Crippen molar-refractivity contribution in [1.29, 1.82) is 0 Å². The van der Waals surface area contributed by atoms with Gasteiger partial charge in [0.15, 0.2) is 5.96 Å². The monoisotopic (exact) mass is 493 g/mol. The van der Waals surface area contributed by atoms with Crippen LogP contribution in [0.3, 0.4) is 0 Å². The number of halogens is 1. The Hall–Kier alpha value is -1.83. The molecular formula is C22H32IN5. The summed E-state index contributed by atoms with van der Waals surface area (Å²) in [5, 5.41) is 3.47. The molecule has 1 unspecified atom stereocenters. The minimum Gasteiger partial charge on any atom is -0.363 e. The average Bonchev–Trinajstić information content (AvgIpc) is 3.14. The van der Waals surface area contributed by atoms with Crippen molar-refractivity contribution in [2.75, 3.05) is 38.6 Å². The lowest BCUT2D eigenvalue weighted by Crippen LogP contribution is -2.40. The van der Waals surface area contributed by atoms with E-state index in [4.69, 9.17) is 4.99 Å². The molecule has 1 saturated heterocycles. The van der Waals surface area contributed by atoms with Crippen LogP contribution in [0.4, 0.5) is 5.82 Å². The van der Waals surface area contributed by atoms with Gasteiger partial charge in [0.2, 0.25) is 0 Å². The van der Waals surface area contributed by atoms with E-state index in [0.717, 1.165) is 37.8 Å². The third kappa shape index (κ3) is 6.36. The first kappa shape index (κ1) is 22.5. The van der Waals surface area contributed by atoms with Gasteiger partial charge in [-0.2, -0.15) is 0 Å². The van der Waals surface area contributed by atoms with Gasteiger partial charge in [0, 0.05) is 39.9 Å². The average molecular weight is 493 g/mol. The fourth-order valence-electron chi connectivity index (χ4n) is 3.53. The highest BCUT2D eigenvalue weighted by atomic mass is 127. The number of likely N-dealkylation sites (tertiary alicyclic amines) is 1. The largest absolute Gasteiger partial charge is 0.363 e. The lowest BCUT2D eigenvalue weighted by molar-refractivity contribution is 0.460. The van der Waals surface area contributed by atoms with Crippen LogP contribution in [-0.2, 0) is 13.0 Å². The highest BCUT2D eigenvalue weighted by Crippen LogP contribution is 2.21. The summed E-state index contributed by atoms with van der Waals surface area (Å²) < 4.78 is 0. The van der Waals surface area contributed by atoms with Crippen molar-refractivity contribution in [3.8, 4) is 0 Å². The standard InChI is InChI=1S/C22H31N5.HI/c1-4-23-22(25-16-19-10-12-24-21(15-19)26(2)3)27-13-11-20(17-27)14-18-8-6-5-7-9-18;/h5-10,12,15,20H,4,11,13-14,16-17H2,1-3H3,(H,23,25);1H. The van der Waals surface area contributed by atoms with Crippen LogP contribution in [0.15, 0.2) is 53.7 Å². The molecule has 0 spiro atoms. The van der Waals surface area contributed by atoms with Crippen molar-refractivity contribution in [3.05, 3.63) is 59.8 Å². The molecule has 2 heterocycles. The first-order valence-electron chi connectivity index (χ1n) is 9.85. The van der Waals surface area contributed by atoms with Crippen molar-refractivity contribution < 1.29 is 0 Å². The molecule has 1 atom stereocenters. The van der Waals surface area contributed by atoms with Gasteiger partial charge in [0.25, 0.3) is 0 Å². The van der Waals surface area contributed by atoms with Gasteiger partial charge >= 0.3 is 0 Å². The molecular weight excluding hydrogens is 461 g/mol. The molecule has 1 fully saturated rings. The van der Waals surface area contributed by atoms with Crippen LogP contribution in [0.25, 0.3) is 0 Å². The predicted octanol–water partition coefficient (Wildman–Crippen LogP) is 3.80. The molecule has 6 heteroatoms. The third-order valence-corrected chi connectivity index (χ3v) is 4.97. The Bertz CT molecular complexity index is 748. The summed E-state index contributed by atoms with van der Waals surface area (Å²) in [6.07, 6.45) is 4.23. The zero-order chi connectivity index (χ0) is 19.1. The molecule has 3 rings (SSSR count). The summed E-state index contributed by atoms with van der Waals surface area (Å²) in [6.45, 7) is 5.83. The minimum absolute atomic E-state index is 0. The van der Waals surface area contributed by atoms with Gasteiger partial charge in [0.1, 0.15) is 5.82 Å². The number of pyridine rings is 1. The molecule has 1 aromatic heterocycles. The summed E-state index contributed by atoms with van der Waals surface area (Å²) in [4.78, 5) is 13.7. The van der Waals surface area contributed by atoms with Crippen LogP contribution >= 0.6 is 24.0 Å². The van der Waals surface area contributed by atoms with Gasteiger partial charge in [-0.05, 0) is 48.9 Å². The van der Waals surface area contributed by atoms with Crippen molar-refractivity contribution in [3.63, 3.8) is 0 Å². The van der Waals surface area contributed by atoms with Crippen molar-refractivity contribution in [1.82, 2.24) is 15.2 Å². The number of nitrogens with zero attached hydrogens (tertiary/aromatic N) is 4. The number of benzene rings is 1. The molecule has 0 amide bonds. The zero-order valence-electron chi connectivity index (χ0n) is 17.1. The number of rotatable bonds is 6. The van der Waals surface area contributed by atoms with Gasteiger partial charge in [-0.3, -0.25) is 0 Å². The van der Waals surface area contributed by atoms with E-state index in [1.807, 2.05) is 31.3 Å². The van der Waals surface area contributed by atoms with E-state index in [2.05, 4.69) is 58.5 Å². The van der Waals surface area contributed by atoms with Crippen LogP contribution in [-0.4, -0.2) is 49.6 Å². The smallest absolute Gasteiger partial charge is 0.194 e. The molecule has 1 N–H and O–H groups in total. The van der Waals surface area contributed by atoms with Crippen molar-refractivity contribution >= 4 is 35.8 Å². The molecule has 1 aliphatic heterocycles. The van der Waals surface area contributed by atoms with Crippen LogP contribution in [0.1, 0.15) is 24.5 Å². The van der Waals surface area contributed by atoms with E-state index in [0.29, 0.717) is 12.5 Å². The number of aromatic nitrogens is 1. The lowest BCUT2D eigenvalue weighted by atomic mass is 9.99. The maximum atomic E-state index is 4.89. The molecule has 5 nitrogen and oxygen atoms in total. The number of hydrogen-bond donors (Lipinski definition) is 1. The maximum Gasteiger partial charge on any atom is 0.194 e. The second-order valence-corrected chi connectivity index (χ2v) is 7.38. The number of aliphatic imine (C=N–C) groups is 1. The summed E-state index contributed by atoms with van der Waals surface area (Å²) in [5.74, 6) is 2.69. The highest BCUT2D eigenvalue weighted by molar-refractivity contribution is 14.0. The normalized spacial score (nSPS) is 16.6. The van der Waals surface area contributed by atoms with Gasteiger partial charge in [-0.25, -0.2) is 9.98 Å².